The third-order valence-electron chi connectivity index (χ3n) is 8.11. The second-order valence-corrected chi connectivity index (χ2v) is 13.9. The highest BCUT2D eigenvalue weighted by atomic mass is 32.2. The van der Waals surface area contributed by atoms with Gasteiger partial charge in [0.15, 0.2) is 35.6 Å². The van der Waals surface area contributed by atoms with Gasteiger partial charge >= 0.3 is 11.9 Å². The molecule has 1 fully saturated rings. The number of β-lactam (4-membered cyclic amide) rings is 1. The monoisotopic (exact) mass is 707 g/mol. The molecule has 1 amide bonds. The minimum Gasteiger partial charge on any atom is -0.478 e. The zero-order valence-corrected chi connectivity index (χ0v) is 27.8. The number of carboxylic acid groups (broad SMARTS) is 2. The molecule has 0 spiro atoms. The Hall–Kier alpha value is -5.49. The lowest BCUT2D eigenvalue weighted by molar-refractivity contribution is -0.687. The zero-order valence-electron chi connectivity index (χ0n) is 26.2. The van der Waals surface area contributed by atoms with Crippen molar-refractivity contribution in [2.45, 2.75) is 44.3 Å². The molecule has 4 aromatic rings. The number of nitrogen functional groups attached to an aromatic ring is 2. The first kappa shape index (κ1) is 33.4. The number of amides is 1. The SMILES string of the molecule is CC(C)(O/N=C(\C(=O)C[C@@H]1C(=O)N2C(C(=O)O)=C(C[n+]3ccc4c(ccn4Cc4cc(C(=N)N)co4)c3)CS[C@H]12)c1csc(N)n1)C(=O)O. The van der Waals surface area contributed by atoms with Gasteiger partial charge < -0.3 is 35.5 Å². The van der Waals surface area contributed by atoms with E-state index in [1.54, 1.807) is 6.07 Å². The minimum absolute atomic E-state index is 0.0782. The van der Waals surface area contributed by atoms with Gasteiger partial charge in [0.1, 0.15) is 29.2 Å². The van der Waals surface area contributed by atoms with E-state index in [2.05, 4.69) is 10.1 Å². The van der Waals surface area contributed by atoms with E-state index in [1.165, 1.54) is 42.2 Å². The maximum absolute atomic E-state index is 13.5. The van der Waals surface area contributed by atoms with Crippen molar-refractivity contribution in [2.24, 2.45) is 16.8 Å². The lowest BCUT2D eigenvalue weighted by Gasteiger charge is -2.49. The van der Waals surface area contributed by atoms with E-state index in [4.69, 9.17) is 26.1 Å². The molecule has 0 aromatic carbocycles. The van der Waals surface area contributed by atoms with Gasteiger partial charge in [0.05, 0.1) is 34.3 Å². The molecule has 18 heteroatoms. The van der Waals surface area contributed by atoms with Crippen LogP contribution >= 0.6 is 23.1 Å². The van der Waals surface area contributed by atoms with Crippen LogP contribution in [0.5, 0.6) is 0 Å². The smallest absolute Gasteiger partial charge is 0.352 e. The molecule has 1 saturated heterocycles. The second-order valence-electron chi connectivity index (χ2n) is 11.9. The molecule has 4 aromatic heterocycles. The van der Waals surface area contributed by atoms with Crippen molar-refractivity contribution in [3.63, 3.8) is 0 Å². The molecule has 0 radical (unpaired) electrons. The number of thiazole rings is 1. The van der Waals surface area contributed by atoms with Crippen LogP contribution in [-0.2, 0) is 37.1 Å². The Labute approximate surface area is 286 Å². The first-order valence-corrected chi connectivity index (χ1v) is 16.7. The van der Waals surface area contributed by atoms with Crippen LogP contribution in [-0.4, -0.2) is 76.6 Å². The molecular formula is C31H31N8O8S2+. The van der Waals surface area contributed by atoms with Crippen LogP contribution < -0.4 is 16.0 Å². The molecule has 2 aliphatic rings. The molecule has 0 saturated carbocycles. The average molecular weight is 708 g/mol. The molecule has 0 aliphatic carbocycles. The van der Waals surface area contributed by atoms with E-state index in [0.29, 0.717) is 29.2 Å². The molecule has 6 heterocycles. The van der Waals surface area contributed by atoms with Crippen LogP contribution in [0.15, 0.2) is 69.3 Å². The number of hydrogen-bond donors (Lipinski definition) is 5. The number of furan rings is 1. The number of ketones is 1. The summed E-state index contributed by atoms with van der Waals surface area (Å²) in [5, 5.41) is 32.9. The van der Waals surface area contributed by atoms with Crippen molar-refractivity contribution in [3.8, 4) is 0 Å². The Balaban J connectivity index is 1.18. The van der Waals surface area contributed by atoms with Crippen LogP contribution in [0, 0.1) is 11.3 Å². The summed E-state index contributed by atoms with van der Waals surface area (Å²) in [7, 11) is 0. The predicted octanol–water partition coefficient (Wildman–Crippen LogP) is 2.01. The number of thioether (sulfide) groups is 1. The van der Waals surface area contributed by atoms with Crippen molar-refractivity contribution in [1.82, 2.24) is 14.5 Å². The van der Waals surface area contributed by atoms with Crippen molar-refractivity contribution in [2.75, 3.05) is 11.5 Å². The Kier molecular flexibility index (Phi) is 8.76. The fraction of sp³-hybridized carbons (Fsp3) is 0.290. The molecule has 2 aliphatic heterocycles. The van der Waals surface area contributed by atoms with Gasteiger partial charge in [-0.2, -0.15) is 0 Å². The average Bonchev–Trinajstić information content (AvgIpc) is 3.80. The maximum atomic E-state index is 13.5. The number of nitrogens with one attached hydrogen (secondary N) is 1. The number of oxime groups is 1. The first-order chi connectivity index (χ1) is 23.2. The summed E-state index contributed by atoms with van der Waals surface area (Å²) in [6.07, 6.45) is 6.72. The fourth-order valence-electron chi connectivity index (χ4n) is 5.49. The molecule has 2 atom stereocenters. The quantitative estimate of drug-likeness (QED) is 0.0441. The summed E-state index contributed by atoms with van der Waals surface area (Å²) in [6, 6.07) is 5.53. The van der Waals surface area contributed by atoms with Gasteiger partial charge in [-0.25, -0.2) is 19.1 Å². The maximum Gasteiger partial charge on any atom is 0.352 e. The highest BCUT2D eigenvalue weighted by Gasteiger charge is 2.54. The van der Waals surface area contributed by atoms with E-state index >= 15 is 0 Å². The van der Waals surface area contributed by atoms with Crippen LogP contribution in [0.1, 0.15) is 37.3 Å². The largest absolute Gasteiger partial charge is 0.478 e. The van der Waals surface area contributed by atoms with E-state index in [1.807, 2.05) is 39.9 Å². The van der Waals surface area contributed by atoms with Gasteiger partial charge in [-0.05, 0) is 26.0 Å². The second kappa shape index (κ2) is 12.8. The van der Waals surface area contributed by atoms with E-state index in [9.17, 15) is 29.4 Å². The highest BCUT2D eigenvalue weighted by Crippen LogP contribution is 2.45. The van der Waals surface area contributed by atoms with Gasteiger partial charge in [-0.3, -0.25) is 19.9 Å². The van der Waals surface area contributed by atoms with Crippen LogP contribution in [0.2, 0.25) is 0 Å². The fourth-order valence-corrected chi connectivity index (χ4v) is 7.44. The Morgan fingerprint density at radius 3 is 2.71 bits per heavy atom. The first-order valence-electron chi connectivity index (χ1n) is 14.8. The number of fused-ring (bicyclic) bond motifs is 2. The van der Waals surface area contributed by atoms with E-state index < -0.39 is 40.5 Å². The molecule has 0 unspecified atom stereocenters. The predicted molar refractivity (Wildman–Crippen MR) is 178 cm³/mol. The summed E-state index contributed by atoms with van der Waals surface area (Å²) >= 11 is 2.41. The number of pyridine rings is 1. The molecule has 6 rings (SSSR count). The van der Waals surface area contributed by atoms with Crippen molar-refractivity contribution in [1.29, 1.82) is 5.41 Å². The van der Waals surface area contributed by atoms with Gasteiger partial charge in [0.2, 0.25) is 11.5 Å². The number of amidine groups is 1. The van der Waals surface area contributed by atoms with Gasteiger partial charge in [-0.15, -0.1) is 23.1 Å². The van der Waals surface area contributed by atoms with Gasteiger partial charge in [0, 0.05) is 35.4 Å². The van der Waals surface area contributed by atoms with Gasteiger partial charge in [0.25, 0.3) is 0 Å². The molecule has 16 nitrogen and oxygen atoms in total. The number of hydrogen-bond acceptors (Lipinski definition) is 12. The summed E-state index contributed by atoms with van der Waals surface area (Å²) in [6.45, 7) is 3.17. The molecule has 0 bridgehead atoms. The molecule has 49 heavy (non-hydrogen) atoms. The summed E-state index contributed by atoms with van der Waals surface area (Å²) < 4.78 is 9.35. The minimum atomic E-state index is -1.75. The van der Waals surface area contributed by atoms with Crippen LogP contribution in [0.4, 0.5) is 5.13 Å². The number of carbonyl (C=O) groups excluding carboxylic acids is 2. The Bertz CT molecular complexity index is 2090. The topological polar surface area (TPSA) is 244 Å². The van der Waals surface area contributed by atoms with Crippen molar-refractivity contribution >= 4 is 74.3 Å². The number of nitrogens with zero attached hydrogens (tertiary/aromatic N) is 5. The molecule has 7 N–H and O–H groups in total. The molecular weight excluding hydrogens is 677 g/mol. The number of nitrogens with two attached hydrogens (primary N) is 2. The Morgan fingerprint density at radius 2 is 2.06 bits per heavy atom. The Morgan fingerprint density at radius 1 is 1.29 bits per heavy atom. The van der Waals surface area contributed by atoms with E-state index in [-0.39, 0.29) is 41.0 Å². The molecule has 254 valence electrons. The normalized spacial score (nSPS) is 18.0. The lowest BCUT2D eigenvalue weighted by Crippen LogP contribution is -2.62. The van der Waals surface area contributed by atoms with Crippen LogP contribution in [0.25, 0.3) is 10.9 Å². The standard InChI is InChI=1S/C31H30N8O8S2/c1-31(2,29(44)45)47-36-23(20-14-49-30(34)35-20)22(40)8-19-26(41)39-24(28(42)43)17(13-48-27(19)39)10-37-5-4-21-15(9-37)3-6-38(21)11-18-7-16(12-46-18)25(32)33/h3-7,9,12,14,19,27H,8,10-11,13H2,1-2H3,(H6-,32,33,34,35,42,43,44,45)/p+1/b36-23-/t19-,27-/m1/s1. The number of rotatable bonds is 13. The van der Waals surface area contributed by atoms with E-state index in [0.717, 1.165) is 22.2 Å². The summed E-state index contributed by atoms with van der Waals surface area (Å²) in [5.41, 5.74) is 11.2. The third-order valence-corrected chi connectivity index (χ3v) is 10.2. The number of carbonyl (C=O) groups is 4. The number of aliphatic carboxylic acids is 2. The number of Topliss-reactive ketones (excluding diaryl/α,β-unsaturated/α-hetero) is 1. The summed E-state index contributed by atoms with van der Waals surface area (Å²) in [4.78, 5) is 61.4. The highest BCUT2D eigenvalue weighted by molar-refractivity contribution is 8.00. The van der Waals surface area contributed by atoms with Gasteiger partial charge in [-0.1, -0.05) is 5.16 Å². The summed E-state index contributed by atoms with van der Waals surface area (Å²) in [5.74, 6) is -3.68. The number of aromatic nitrogens is 3. The van der Waals surface area contributed by atoms with Crippen molar-refractivity contribution in [3.05, 3.63) is 76.7 Å². The van der Waals surface area contributed by atoms with Crippen LogP contribution in [0.3, 0.4) is 0 Å². The van der Waals surface area contributed by atoms with Crippen molar-refractivity contribution < 1.29 is 43.2 Å². The number of anilines is 1. The zero-order chi connectivity index (χ0) is 35.2. The lowest BCUT2D eigenvalue weighted by atomic mass is 9.89. The number of carboxylic acids is 2. The third kappa shape index (κ3) is 6.51.